The van der Waals surface area contributed by atoms with Crippen LogP contribution in [0.25, 0.3) is 20.8 Å². The molecule has 0 bridgehead atoms. The first-order valence-electron chi connectivity index (χ1n) is 10.6. The van der Waals surface area contributed by atoms with Crippen LogP contribution in [0.1, 0.15) is 17.5 Å². The van der Waals surface area contributed by atoms with Crippen molar-refractivity contribution < 1.29 is 9.59 Å². The van der Waals surface area contributed by atoms with Gasteiger partial charge in [-0.3, -0.25) is 9.59 Å². The highest BCUT2D eigenvalue weighted by Crippen LogP contribution is 2.32. The molecule has 1 atom stereocenters. The molecule has 2 heterocycles. The SMILES string of the molecule is Cc1ccc2nc(-c3ccc(NC(=O)C4CC(=O)N(c5ccccc5C)C4)cc3)sc2c1. The van der Waals surface area contributed by atoms with Gasteiger partial charge in [0.25, 0.3) is 0 Å². The Hall–Kier alpha value is -3.51. The van der Waals surface area contributed by atoms with E-state index in [1.165, 1.54) is 10.3 Å². The Morgan fingerprint density at radius 3 is 2.62 bits per heavy atom. The molecule has 0 aliphatic carbocycles. The number of nitrogens with one attached hydrogen (secondary N) is 1. The lowest BCUT2D eigenvalue weighted by atomic mass is 10.1. The van der Waals surface area contributed by atoms with Gasteiger partial charge in [-0.2, -0.15) is 0 Å². The van der Waals surface area contributed by atoms with Gasteiger partial charge >= 0.3 is 0 Å². The Morgan fingerprint density at radius 2 is 1.84 bits per heavy atom. The van der Waals surface area contributed by atoms with Crippen LogP contribution in [0.4, 0.5) is 11.4 Å². The van der Waals surface area contributed by atoms with E-state index < -0.39 is 0 Å². The molecule has 160 valence electrons. The monoisotopic (exact) mass is 441 g/mol. The Balaban J connectivity index is 1.28. The van der Waals surface area contributed by atoms with Crippen molar-refractivity contribution >= 4 is 44.7 Å². The number of hydrogen-bond acceptors (Lipinski definition) is 4. The fourth-order valence-corrected chi connectivity index (χ4v) is 5.15. The standard InChI is InChI=1S/C26H23N3O2S/c1-16-7-12-21-23(13-16)32-26(28-21)18-8-10-20(11-9-18)27-25(31)19-14-24(30)29(15-19)22-6-4-3-5-17(22)2/h3-13,19H,14-15H2,1-2H3,(H,27,31). The molecule has 0 spiro atoms. The van der Waals surface area contributed by atoms with Crippen LogP contribution in [0.2, 0.25) is 0 Å². The molecule has 2 amide bonds. The van der Waals surface area contributed by atoms with Crippen molar-refractivity contribution in [2.75, 3.05) is 16.8 Å². The minimum atomic E-state index is -0.366. The van der Waals surface area contributed by atoms with Crippen molar-refractivity contribution in [3.8, 4) is 10.6 Å². The summed E-state index contributed by atoms with van der Waals surface area (Å²) in [4.78, 5) is 31.8. The van der Waals surface area contributed by atoms with Gasteiger partial charge < -0.3 is 10.2 Å². The maximum absolute atomic E-state index is 12.8. The van der Waals surface area contributed by atoms with Crippen molar-refractivity contribution in [3.05, 3.63) is 77.9 Å². The van der Waals surface area contributed by atoms with Crippen LogP contribution in [0.5, 0.6) is 0 Å². The lowest BCUT2D eigenvalue weighted by molar-refractivity contribution is -0.122. The number of rotatable bonds is 4. The van der Waals surface area contributed by atoms with Gasteiger partial charge in [-0.25, -0.2) is 4.98 Å². The number of para-hydroxylation sites is 1. The molecular weight excluding hydrogens is 418 g/mol. The summed E-state index contributed by atoms with van der Waals surface area (Å²) in [6.07, 6.45) is 0.226. The van der Waals surface area contributed by atoms with Crippen LogP contribution in [0.15, 0.2) is 66.7 Å². The summed E-state index contributed by atoms with van der Waals surface area (Å²) in [5.41, 5.74) is 5.86. The third kappa shape index (κ3) is 3.89. The summed E-state index contributed by atoms with van der Waals surface area (Å²) in [5, 5.41) is 3.93. The highest BCUT2D eigenvalue weighted by atomic mass is 32.1. The van der Waals surface area contributed by atoms with Crippen molar-refractivity contribution in [2.45, 2.75) is 20.3 Å². The van der Waals surface area contributed by atoms with Crippen molar-refractivity contribution in [1.82, 2.24) is 4.98 Å². The largest absolute Gasteiger partial charge is 0.326 e. The normalized spacial score (nSPS) is 16.0. The topological polar surface area (TPSA) is 62.3 Å². The Kier molecular flexibility index (Phi) is 5.23. The van der Waals surface area contributed by atoms with Crippen molar-refractivity contribution in [3.63, 3.8) is 0 Å². The molecular formula is C26H23N3O2S. The van der Waals surface area contributed by atoms with Gasteiger partial charge in [-0.05, 0) is 67.4 Å². The second kappa shape index (κ2) is 8.20. The van der Waals surface area contributed by atoms with Crippen LogP contribution >= 0.6 is 11.3 Å². The van der Waals surface area contributed by atoms with Crippen LogP contribution in [0, 0.1) is 19.8 Å². The van der Waals surface area contributed by atoms with E-state index in [9.17, 15) is 9.59 Å². The van der Waals surface area contributed by atoms with Crippen LogP contribution in [-0.2, 0) is 9.59 Å². The van der Waals surface area contributed by atoms with Gasteiger partial charge in [-0.1, -0.05) is 24.3 Å². The first kappa shape index (κ1) is 20.4. The molecule has 0 radical (unpaired) electrons. The fraction of sp³-hybridized carbons (Fsp3) is 0.192. The number of benzene rings is 3. The molecule has 6 heteroatoms. The quantitative estimate of drug-likeness (QED) is 0.450. The zero-order chi connectivity index (χ0) is 22.2. The molecule has 4 aromatic rings. The van der Waals surface area contributed by atoms with Crippen molar-refractivity contribution in [1.29, 1.82) is 0 Å². The highest BCUT2D eigenvalue weighted by molar-refractivity contribution is 7.21. The van der Waals surface area contributed by atoms with E-state index >= 15 is 0 Å². The molecule has 1 N–H and O–H groups in total. The van der Waals surface area contributed by atoms with Gasteiger partial charge in [0.15, 0.2) is 0 Å². The third-order valence-corrected chi connectivity index (χ3v) is 6.91. The molecule has 1 fully saturated rings. The summed E-state index contributed by atoms with van der Waals surface area (Å²) in [6.45, 7) is 4.46. The van der Waals surface area contributed by atoms with Crippen molar-refractivity contribution in [2.24, 2.45) is 5.92 Å². The molecule has 1 saturated heterocycles. The summed E-state index contributed by atoms with van der Waals surface area (Å²) >= 11 is 1.66. The predicted octanol–water partition coefficient (Wildman–Crippen LogP) is 5.57. The number of nitrogens with zero attached hydrogens (tertiary/aromatic N) is 2. The Bertz CT molecular complexity index is 1330. The molecule has 1 aromatic heterocycles. The first-order valence-corrected chi connectivity index (χ1v) is 11.4. The molecule has 1 aliphatic heterocycles. The average molecular weight is 442 g/mol. The van der Waals surface area contributed by atoms with E-state index in [1.807, 2.05) is 61.5 Å². The maximum Gasteiger partial charge on any atom is 0.229 e. The highest BCUT2D eigenvalue weighted by Gasteiger charge is 2.35. The number of anilines is 2. The number of amides is 2. The number of aryl methyl sites for hydroxylation is 2. The second-order valence-electron chi connectivity index (χ2n) is 8.25. The molecule has 1 unspecified atom stereocenters. The average Bonchev–Trinajstić information content (AvgIpc) is 3.38. The molecule has 0 saturated carbocycles. The number of carbonyl (C=O) groups is 2. The molecule has 5 nitrogen and oxygen atoms in total. The number of aromatic nitrogens is 1. The van der Waals surface area contributed by atoms with Gasteiger partial charge in [0, 0.05) is 29.9 Å². The van der Waals surface area contributed by atoms with Gasteiger partial charge in [0.1, 0.15) is 5.01 Å². The van der Waals surface area contributed by atoms with E-state index in [1.54, 1.807) is 16.2 Å². The number of thiazole rings is 1. The molecule has 32 heavy (non-hydrogen) atoms. The minimum Gasteiger partial charge on any atom is -0.326 e. The van der Waals surface area contributed by atoms with E-state index in [0.717, 1.165) is 33.0 Å². The zero-order valence-corrected chi connectivity index (χ0v) is 18.8. The third-order valence-electron chi connectivity index (χ3n) is 5.85. The smallest absolute Gasteiger partial charge is 0.229 e. The molecule has 5 rings (SSSR count). The predicted molar refractivity (Wildman–Crippen MR) is 130 cm³/mol. The van der Waals surface area contributed by atoms with Crippen LogP contribution in [0.3, 0.4) is 0 Å². The zero-order valence-electron chi connectivity index (χ0n) is 18.0. The summed E-state index contributed by atoms with van der Waals surface area (Å²) < 4.78 is 1.17. The molecule has 3 aromatic carbocycles. The summed E-state index contributed by atoms with van der Waals surface area (Å²) in [5.74, 6) is -0.507. The van der Waals surface area contributed by atoms with Gasteiger partial charge in [-0.15, -0.1) is 11.3 Å². The Labute approximate surface area is 190 Å². The van der Waals surface area contributed by atoms with Crippen LogP contribution in [-0.4, -0.2) is 23.3 Å². The van der Waals surface area contributed by atoms with E-state index in [4.69, 9.17) is 4.98 Å². The van der Waals surface area contributed by atoms with Gasteiger partial charge in [0.05, 0.1) is 16.1 Å². The fourth-order valence-electron chi connectivity index (χ4n) is 4.08. The number of hydrogen-bond donors (Lipinski definition) is 1. The lowest BCUT2D eigenvalue weighted by Gasteiger charge is -2.19. The summed E-state index contributed by atoms with van der Waals surface area (Å²) in [6, 6.07) is 21.7. The van der Waals surface area contributed by atoms with Gasteiger partial charge in [0.2, 0.25) is 11.8 Å². The number of carbonyl (C=O) groups excluding carboxylic acids is 2. The first-order chi connectivity index (χ1) is 15.5. The molecule has 1 aliphatic rings. The maximum atomic E-state index is 12.8. The second-order valence-corrected chi connectivity index (χ2v) is 9.28. The van der Waals surface area contributed by atoms with E-state index in [2.05, 4.69) is 24.4 Å². The summed E-state index contributed by atoms with van der Waals surface area (Å²) in [7, 11) is 0. The van der Waals surface area contributed by atoms with E-state index in [0.29, 0.717) is 6.54 Å². The lowest BCUT2D eigenvalue weighted by Crippen LogP contribution is -2.28. The van der Waals surface area contributed by atoms with Crippen LogP contribution < -0.4 is 10.2 Å². The minimum absolute atomic E-state index is 0.0131. The van der Waals surface area contributed by atoms with E-state index in [-0.39, 0.29) is 24.2 Å². The number of fused-ring (bicyclic) bond motifs is 1. The Morgan fingerprint density at radius 1 is 1.06 bits per heavy atom.